The van der Waals surface area contributed by atoms with Crippen LogP contribution in [0.1, 0.15) is 24.6 Å². The number of fused-ring (bicyclic) bond motifs is 1. The Balaban J connectivity index is 1.97. The monoisotopic (exact) mass is 327 g/mol. The van der Waals surface area contributed by atoms with Gasteiger partial charge in [0.2, 0.25) is 0 Å². The van der Waals surface area contributed by atoms with Gasteiger partial charge in [-0.2, -0.15) is 0 Å². The Kier molecular flexibility index (Phi) is 4.96. The summed E-state index contributed by atoms with van der Waals surface area (Å²) in [7, 11) is 1.53. The van der Waals surface area contributed by atoms with E-state index in [2.05, 4.69) is 16.0 Å². The lowest BCUT2D eigenvalue weighted by Crippen LogP contribution is -2.33. The molecule has 3 rings (SSSR count). The molecule has 6 nitrogen and oxygen atoms in total. The molecule has 24 heavy (non-hydrogen) atoms. The molecule has 0 aliphatic carbocycles. The molecule has 0 spiro atoms. The first-order valence-electron chi connectivity index (χ1n) is 7.98. The van der Waals surface area contributed by atoms with Crippen LogP contribution in [0.5, 0.6) is 5.75 Å². The van der Waals surface area contributed by atoms with Crippen molar-refractivity contribution in [3.63, 3.8) is 0 Å². The van der Waals surface area contributed by atoms with Gasteiger partial charge in [-0.15, -0.1) is 0 Å². The SMILES string of the molecule is CCN(C(=O)COC)c1ccc2c(c1)/C(=C\c1cnc[nH]1)CCO2. The molecule has 0 unspecified atom stereocenters. The van der Waals surface area contributed by atoms with Gasteiger partial charge >= 0.3 is 0 Å². The standard InChI is InChI=1S/C18H21N3O3/c1-3-21(18(22)11-23-2)15-4-5-17-16(9-15)13(6-7-24-17)8-14-10-19-12-20-14/h4-5,8-10,12H,3,6-7,11H2,1-2H3,(H,19,20)/b13-8-. The second-order valence-electron chi connectivity index (χ2n) is 5.53. The molecule has 1 N–H and O–H groups in total. The van der Waals surface area contributed by atoms with Crippen LogP contribution in [0.4, 0.5) is 5.69 Å². The van der Waals surface area contributed by atoms with Gasteiger partial charge in [0.15, 0.2) is 0 Å². The highest BCUT2D eigenvalue weighted by Crippen LogP contribution is 2.36. The largest absolute Gasteiger partial charge is 0.493 e. The molecule has 0 saturated carbocycles. The van der Waals surface area contributed by atoms with Crippen LogP contribution in [0.15, 0.2) is 30.7 Å². The van der Waals surface area contributed by atoms with Crippen molar-refractivity contribution in [1.29, 1.82) is 0 Å². The van der Waals surface area contributed by atoms with Crippen molar-refractivity contribution in [3.8, 4) is 5.75 Å². The van der Waals surface area contributed by atoms with Gasteiger partial charge in [0.1, 0.15) is 12.4 Å². The summed E-state index contributed by atoms with van der Waals surface area (Å²) < 4.78 is 10.7. The fourth-order valence-corrected chi connectivity index (χ4v) is 2.86. The summed E-state index contributed by atoms with van der Waals surface area (Å²) in [4.78, 5) is 21.1. The van der Waals surface area contributed by atoms with E-state index in [-0.39, 0.29) is 12.5 Å². The first-order valence-corrected chi connectivity index (χ1v) is 7.98. The lowest BCUT2D eigenvalue weighted by Gasteiger charge is -2.25. The average molecular weight is 327 g/mol. The Labute approximate surface area is 141 Å². The number of ether oxygens (including phenoxy) is 2. The minimum absolute atomic E-state index is 0.0595. The molecule has 0 atom stereocenters. The first-order chi connectivity index (χ1) is 11.7. The Morgan fingerprint density at radius 3 is 3.08 bits per heavy atom. The molecule has 1 amide bonds. The van der Waals surface area contributed by atoms with Gasteiger partial charge in [0.25, 0.3) is 5.91 Å². The number of benzene rings is 1. The number of H-pyrrole nitrogens is 1. The zero-order valence-corrected chi connectivity index (χ0v) is 13.9. The summed E-state index contributed by atoms with van der Waals surface area (Å²) in [5, 5.41) is 0. The first kappa shape index (κ1) is 16.3. The van der Waals surface area contributed by atoms with E-state index in [9.17, 15) is 4.79 Å². The summed E-state index contributed by atoms with van der Waals surface area (Å²) in [5.74, 6) is 0.779. The van der Waals surface area contributed by atoms with Crippen LogP contribution in [0.2, 0.25) is 0 Å². The predicted molar refractivity (Wildman–Crippen MR) is 92.9 cm³/mol. The van der Waals surface area contributed by atoms with E-state index in [1.165, 1.54) is 7.11 Å². The van der Waals surface area contributed by atoms with Crippen molar-refractivity contribution in [2.24, 2.45) is 0 Å². The third-order valence-corrected chi connectivity index (χ3v) is 3.98. The molecular weight excluding hydrogens is 306 g/mol. The number of imidazole rings is 1. The summed E-state index contributed by atoms with van der Waals surface area (Å²) in [6, 6.07) is 5.84. The van der Waals surface area contributed by atoms with Crippen LogP contribution in [0.3, 0.4) is 0 Å². The molecule has 2 heterocycles. The molecule has 126 valence electrons. The van der Waals surface area contributed by atoms with Crippen LogP contribution in [-0.2, 0) is 9.53 Å². The molecule has 0 fully saturated rings. The molecule has 0 bridgehead atoms. The molecule has 1 aliphatic rings. The number of methoxy groups -OCH3 is 1. The number of nitrogens with zero attached hydrogens (tertiary/aromatic N) is 2. The van der Waals surface area contributed by atoms with Gasteiger partial charge in [-0.05, 0) is 36.8 Å². The Morgan fingerprint density at radius 1 is 1.50 bits per heavy atom. The number of likely N-dealkylation sites (N-methyl/N-ethyl adjacent to an activating group) is 1. The molecule has 0 radical (unpaired) electrons. The maximum absolute atomic E-state index is 12.2. The van der Waals surface area contributed by atoms with Crippen LogP contribution >= 0.6 is 0 Å². The summed E-state index contributed by atoms with van der Waals surface area (Å²) in [6.45, 7) is 3.25. The van der Waals surface area contributed by atoms with E-state index in [1.54, 1.807) is 17.4 Å². The molecule has 0 saturated heterocycles. The van der Waals surface area contributed by atoms with Gasteiger partial charge in [0, 0.05) is 31.3 Å². The summed E-state index contributed by atoms with van der Waals surface area (Å²) in [5.41, 5.74) is 3.97. The summed E-state index contributed by atoms with van der Waals surface area (Å²) >= 11 is 0. The number of carbonyl (C=O) groups is 1. The third kappa shape index (κ3) is 3.33. The van der Waals surface area contributed by atoms with Crippen molar-refractivity contribution in [3.05, 3.63) is 42.0 Å². The van der Waals surface area contributed by atoms with Gasteiger partial charge in [-0.25, -0.2) is 4.98 Å². The van der Waals surface area contributed by atoms with Crippen molar-refractivity contribution in [2.75, 3.05) is 31.8 Å². The van der Waals surface area contributed by atoms with E-state index in [0.29, 0.717) is 13.2 Å². The van der Waals surface area contributed by atoms with Crippen LogP contribution in [0.25, 0.3) is 11.6 Å². The van der Waals surface area contributed by atoms with E-state index in [4.69, 9.17) is 9.47 Å². The van der Waals surface area contributed by atoms with Gasteiger partial charge < -0.3 is 19.4 Å². The predicted octanol–water partition coefficient (Wildman–Crippen LogP) is 2.73. The van der Waals surface area contributed by atoms with Crippen molar-refractivity contribution >= 4 is 23.2 Å². The van der Waals surface area contributed by atoms with Gasteiger partial charge in [-0.1, -0.05) is 0 Å². The van der Waals surface area contributed by atoms with Crippen molar-refractivity contribution in [2.45, 2.75) is 13.3 Å². The van der Waals surface area contributed by atoms with E-state index < -0.39 is 0 Å². The molecule has 2 aromatic rings. The lowest BCUT2D eigenvalue weighted by atomic mass is 9.98. The Hall–Kier alpha value is -2.60. The fraction of sp³-hybridized carbons (Fsp3) is 0.333. The average Bonchev–Trinajstić information content (AvgIpc) is 3.09. The van der Waals surface area contributed by atoms with E-state index in [0.717, 1.165) is 34.7 Å². The molecule has 1 aliphatic heterocycles. The fourth-order valence-electron chi connectivity index (χ4n) is 2.86. The highest BCUT2D eigenvalue weighted by Gasteiger charge is 2.20. The number of nitrogens with one attached hydrogen (secondary N) is 1. The number of hydrogen-bond acceptors (Lipinski definition) is 4. The Morgan fingerprint density at radius 2 is 2.38 bits per heavy atom. The zero-order valence-electron chi connectivity index (χ0n) is 13.9. The highest BCUT2D eigenvalue weighted by molar-refractivity contribution is 5.95. The maximum atomic E-state index is 12.2. The number of amides is 1. The second kappa shape index (κ2) is 7.31. The quantitative estimate of drug-likeness (QED) is 0.917. The van der Waals surface area contributed by atoms with E-state index >= 15 is 0 Å². The van der Waals surface area contributed by atoms with Crippen molar-refractivity contribution in [1.82, 2.24) is 9.97 Å². The van der Waals surface area contributed by atoms with Gasteiger partial charge in [0.05, 0.1) is 24.8 Å². The molecule has 1 aromatic heterocycles. The summed E-state index contributed by atoms with van der Waals surface area (Å²) in [6.07, 6.45) is 6.33. The molecular formula is C18H21N3O3. The molecule has 6 heteroatoms. The number of aromatic amines is 1. The smallest absolute Gasteiger partial charge is 0.252 e. The third-order valence-electron chi connectivity index (χ3n) is 3.98. The van der Waals surface area contributed by atoms with Gasteiger partial charge in [-0.3, -0.25) is 4.79 Å². The lowest BCUT2D eigenvalue weighted by molar-refractivity contribution is -0.122. The van der Waals surface area contributed by atoms with Crippen LogP contribution < -0.4 is 9.64 Å². The van der Waals surface area contributed by atoms with Crippen LogP contribution in [-0.4, -0.2) is 42.7 Å². The van der Waals surface area contributed by atoms with Crippen LogP contribution in [0, 0.1) is 0 Å². The number of rotatable bonds is 5. The zero-order chi connectivity index (χ0) is 16.9. The van der Waals surface area contributed by atoms with E-state index in [1.807, 2.05) is 25.1 Å². The second-order valence-corrected chi connectivity index (χ2v) is 5.53. The highest BCUT2D eigenvalue weighted by atomic mass is 16.5. The van der Waals surface area contributed by atoms with Crippen molar-refractivity contribution < 1.29 is 14.3 Å². The topological polar surface area (TPSA) is 67.5 Å². The molecule has 1 aromatic carbocycles. The number of aromatic nitrogens is 2. The Bertz CT molecular complexity index is 738. The maximum Gasteiger partial charge on any atom is 0.252 e. The normalized spacial score (nSPS) is 15.0. The number of carbonyl (C=O) groups excluding carboxylic acids is 1. The number of anilines is 1. The minimum atomic E-state index is -0.0595. The number of hydrogen-bond donors (Lipinski definition) is 1. The minimum Gasteiger partial charge on any atom is -0.493 e.